The minimum atomic E-state index is -3.94. The predicted molar refractivity (Wildman–Crippen MR) is 142 cm³/mol. The van der Waals surface area contributed by atoms with E-state index in [9.17, 15) is 21.6 Å². The van der Waals surface area contributed by atoms with Gasteiger partial charge in [-0.1, -0.05) is 0 Å². The second kappa shape index (κ2) is 11.6. The number of ether oxygens (including phenoxy) is 2. The molecule has 2 fully saturated rings. The summed E-state index contributed by atoms with van der Waals surface area (Å²) in [6.45, 7) is 2.51. The van der Waals surface area contributed by atoms with Crippen LogP contribution < -0.4 is 14.8 Å². The van der Waals surface area contributed by atoms with Gasteiger partial charge in [0.25, 0.3) is 0 Å². The van der Waals surface area contributed by atoms with Crippen molar-refractivity contribution in [2.24, 2.45) is 5.92 Å². The highest BCUT2D eigenvalue weighted by atomic mass is 32.2. The van der Waals surface area contributed by atoms with Crippen LogP contribution in [0.15, 0.2) is 52.3 Å². The highest BCUT2D eigenvalue weighted by Crippen LogP contribution is 2.33. The summed E-state index contributed by atoms with van der Waals surface area (Å²) in [7, 11) is -2.74. The molecule has 0 spiro atoms. The maximum atomic E-state index is 13.4. The number of methoxy groups -OCH3 is 2. The van der Waals surface area contributed by atoms with Crippen LogP contribution in [0.2, 0.25) is 0 Å². The van der Waals surface area contributed by atoms with Gasteiger partial charge in [0, 0.05) is 51.0 Å². The first-order valence-electron chi connectivity index (χ1n) is 12.4. The van der Waals surface area contributed by atoms with Crippen molar-refractivity contribution in [3.63, 3.8) is 0 Å². The fourth-order valence-electron chi connectivity index (χ4n) is 4.63. The molecule has 1 amide bonds. The summed E-state index contributed by atoms with van der Waals surface area (Å²) in [4.78, 5) is 15.3. The van der Waals surface area contributed by atoms with Crippen molar-refractivity contribution in [1.82, 2.24) is 13.5 Å². The molecular weight excluding hydrogens is 532 g/mol. The lowest BCUT2D eigenvalue weighted by molar-refractivity contribution is -0.120. The van der Waals surface area contributed by atoms with Crippen molar-refractivity contribution in [3.05, 3.63) is 42.5 Å². The van der Waals surface area contributed by atoms with Gasteiger partial charge >= 0.3 is 0 Å². The van der Waals surface area contributed by atoms with Crippen molar-refractivity contribution in [2.75, 3.05) is 65.9 Å². The zero-order valence-electron chi connectivity index (χ0n) is 21.8. The molecule has 2 aliphatic rings. The van der Waals surface area contributed by atoms with Gasteiger partial charge in [0.1, 0.15) is 16.4 Å². The number of anilines is 1. The summed E-state index contributed by atoms with van der Waals surface area (Å²) >= 11 is 0. The lowest BCUT2D eigenvalue weighted by atomic mass is 9.99. The van der Waals surface area contributed by atoms with Gasteiger partial charge in [-0.2, -0.15) is 8.61 Å². The number of benzene rings is 2. The Hall–Kier alpha value is -2.71. The Labute approximate surface area is 224 Å². The highest BCUT2D eigenvalue weighted by molar-refractivity contribution is 7.89. The van der Waals surface area contributed by atoms with Crippen LogP contribution in [0, 0.1) is 5.92 Å². The number of hydrogen-bond acceptors (Lipinski definition) is 8. The van der Waals surface area contributed by atoms with E-state index in [1.165, 1.54) is 47.1 Å². The zero-order valence-corrected chi connectivity index (χ0v) is 23.4. The van der Waals surface area contributed by atoms with Gasteiger partial charge in [-0.15, -0.1) is 0 Å². The third-order valence-electron chi connectivity index (χ3n) is 6.97. The Balaban J connectivity index is 1.43. The van der Waals surface area contributed by atoms with Crippen LogP contribution in [0.1, 0.15) is 12.8 Å². The number of sulfonamides is 2. The second-order valence-corrected chi connectivity index (χ2v) is 13.3. The van der Waals surface area contributed by atoms with Crippen molar-refractivity contribution in [2.45, 2.75) is 22.6 Å². The quantitative estimate of drug-likeness (QED) is 0.512. The van der Waals surface area contributed by atoms with Crippen LogP contribution in [0.4, 0.5) is 5.69 Å². The molecule has 2 aliphatic heterocycles. The van der Waals surface area contributed by atoms with Crippen LogP contribution >= 0.6 is 0 Å². The van der Waals surface area contributed by atoms with E-state index in [0.29, 0.717) is 50.5 Å². The normalized spacial score (nSPS) is 20.1. The van der Waals surface area contributed by atoms with E-state index in [2.05, 4.69) is 10.2 Å². The molecule has 208 valence electrons. The van der Waals surface area contributed by atoms with Gasteiger partial charge in [0.15, 0.2) is 0 Å². The molecule has 0 saturated carbocycles. The smallest absolute Gasteiger partial charge is 0.246 e. The van der Waals surface area contributed by atoms with Crippen molar-refractivity contribution in [3.8, 4) is 11.5 Å². The minimum absolute atomic E-state index is 0.0162. The maximum Gasteiger partial charge on any atom is 0.246 e. The summed E-state index contributed by atoms with van der Waals surface area (Å²) in [5.41, 5.74) is 0.446. The Morgan fingerprint density at radius 3 is 2.18 bits per heavy atom. The molecule has 2 saturated heterocycles. The molecule has 0 aromatic heterocycles. The molecule has 2 aromatic rings. The van der Waals surface area contributed by atoms with Crippen molar-refractivity contribution < 1.29 is 31.1 Å². The van der Waals surface area contributed by atoms with Gasteiger partial charge < -0.3 is 19.7 Å². The Bertz CT molecular complexity index is 1360. The van der Waals surface area contributed by atoms with Crippen LogP contribution in [0.5, 0.6) is 11.5 Å². The standard InChI is InChI=1S/C25H34N4O7S2/c1-27-13-15-28(16-14-27)37(31,32)22-9-6-20(7-10-22)26-25(30)19-5-4-12-29(18-19)38(33,34)24-17-21(35-2)8-11-23(24)36-3/h6-11,17,19H,4-5,12-16,18H2,1-3H3,(H,26,30). The third-order valence-corrected chi connectivity index (χ3v) is 10.8. The van der Waals surface area contributed by atoms with E-state index >= 15 is 0 Å². The average Bonchev–Trinajstić information content (AvgIpc) is 2.93. The first-order chi connectivity index (χ1) is 18.1. The van der Waals surface area contributed by atoms with Gasteiger partial charge in [0.05, 0.1) is 25.0 Å². The van der Waals surface area contributed by atoms with Crippen LogP contribution in [0.25, 0.3) is 0 Å². The van der Waals surface area contributed by atoms with Crippen LogP contribution in [0.3, 0.4) is 0 Å². The van der Waals surface area contributed by atoms with E-state index in [0.717, 1.165) is 0 Å². The molecule has 2 aromatic carbocycles. The average molecular weight is 567 g/mol. The molecule has 1 N–H and O–H groups in total. The number of carbonyl (C=O) groups is 1. The minimum Gasteiger partial charge on any atom is -0.497 e. The molecular formula is C25H34N4O7S2. The van der Waals surface area contributed by atoms with Crippen LogP contribution in [-0.4, -0.2) is 96.8 Å². The highest BCUT2D eigenvalue weighted by Gasteiger charge is 2.35. The molecule has 2 heterocycles. The van der Waals surface area contributed by atoms with Gasteiger partial charge in [-0.25, -0.2) is 16.8 Å². The molecule has 0 bridgehead atoms. The van der Waals surface area contributed by atoms with E-state index in [1.807, 2.05) is 7.05 Å². The number of nitrogens with zero attached hydrogens (tertiary/aromatic N) is 3. The molecule has 4 rings (SSSR count). The monoisotopic (exact) mass is 566 g/mol. The summed E-state index contributed by atoms with van der Waals surface area (Å²) in [6.07, 6.45) is 1.05. The van der Waals surface area contributed by atoms with Crippen molar-refractivity contribution >= 4 is 31.6 Å². The number of carbonyl (C=O) groups excluding carboxylic acids is 1. The molecule has 13 heteroatoms. The number of nitrogens with one attached hydrogen (secondary N) is 1. The lowest BCUT2D eigenvalue weighted by Crippen LogP contribution is -2.47. The van der Waals surface area contributed by atoms with Gasteiger partial charge in [-0.3, -0.25) is 4.79 Å². The topological polar surface area (TPSA) is 126 Å². The van der Waals surface area contributed by atoms with Crippen molar-refractivity contribution in [1.29, 1.82) is 0 Å². The molecule has 1 atom stereocenters. The van der Waals surface area contributed by atoms with E-state index in [1.54, 1.807) is 18.2 Å². The summed E-state index contributed by atoms with van der Waals surface area (Å²) in [6, 6.07) is 10.6. The Morgan fingerprint density at radius 2 is 1.55 bits per heavy atom. The predicted octanol–water partition coefficient (Wildman–Crippen LogP) is 1.68. The summed E-state index contributed by atoms with van der Waals surface area (Å²) in [5.74, 6) is -0.307. The summed E-state index contributed by atoms with van der Waals surface area (Å²) in [5, 5.41) is 2.81. The Kier molecular flexibility index (Phi) is 8.62. The lowest BCUT2D eigenvalue weighted by Gasteiger charge is -2.32. The fraction of sp³-hybridized carbons (Fsp3) is 0.480. The number of hydrogen-bond donors (Lipinski definition) is 1. The third kappa shape index (κ3) is 5.96. The molecule has 38 heavy (non-hydrogen) atoms. The number of amides is 1. The SMILES string of the molecule is COc1ccc(OC)c(S(=O)(=O)N2CCCC(C(=O)Nc3ccc(S(=O)(=O)N4CCN(C)CC4)cc3)C2)c1. The van der Waals surface area contributed by atoms with Gasteiger partial charge in [0.2, 0.25) is 26.0 Å². The first-order valence-corrected chi connectivity index (χ1v) is 15.3. The maximum absolute atomic E-state index is 13.4. The fourth-order valence-corrected chi connectivity index (χ4v) is 7.75. The largest absolute Gasteiger partial charge is 0.497 e. The number of piperidine rings is 1. The molecule has 11 nitrogen and oxygen atoms in total. The number of likely N-dealkylation sites (N-methyl/N-ethyl adjacent to an activating group) is 1. The Morgan fingerprint density at radius 1 is 0.868 bits per heavy atom. The molecule has 1 unspecified atom stereocenters. The molecule has 0 radical (unpaired) electrons. The molecule has 0 aliphatic carbocycles. The van der Waals surface area contributed by atoms with E-state index < -0.39 is 26.0 Å². The van der Waals surface area contributed by atoms with E-state index in [-0.39, 0.29) is 34.5 Å². The summed E-state index contributed by atoms with van der Waals surface area (Å²) < 4.78 is 66.0. The number of piperazine rings is 1. The van der Waals surface area contributed by atoms with E-state index in [4.69, 9.17) is 9.47 Å². The second-order valence-electron chi connectivity index (χ2n) is 9.44. The number of rotatable bonds is 8. The zero-order chi connectivity index (χ0) is 27.5. The first kappa shape index (κ1) is 28.3. The van der Waals surface area contributed by atoms with Crippen LogP contribution in [-0.2, 0) is 24.8 Å². The van der Waals surface area contributed by atoms with Gasteiger partial charge in [-0.05, 0) is 56.3 Å².